The molecule has 1 aromatic heterocycles. The van der Waals surface area contributed by atoms with Crippen LogP contribution in [0.1, 0.15) is 11.3 Å². The van der Waals surface area contributed by atoms with Crippen molar-refractivity contribution in [2.75, 3.05) is 0 Å². The van der Waals surface area contributed by atoms with Gasteiger partial charge in [-0.3, -0.25) is 0 Å². The minimum absolute atomic E-state index is 0. The fourth-order valence-corrected chi connectivity index (χ4v) is 1.78. The average Bonchev–Trinajstić information content (AvgIpc) is 2.15. The number of para-hydroxylation sites is 1. The Balaban J connectivity index is 0.000000980. The minimum Gasteiger partial charge on any atom is -1.00 e. The summed E-state index contributed by atoms with van der Waals surface area (Å²) >= 11 is 0. The zero-order valence-electron chi connectivity index (χ0n) is 8.71. The summed E-state index contributed by atoms with van der Waals surface area (Å²) in [6.45, 7) is 4.30. The van der Waals surface area contributed by atoms with Gasteiger partial charge in [0.2, 0.25) is 5.52 Å². The molecule has 1 nitrogen and oxygen atoms in total. The molecule has 0 aliphatic heterocycles. The molecular formula is C12H14IN. The molecule has 2 heteroatoms. The first-order chi connectivity index (χ1) is 6.20. The number of nitrogens with zero attached hydrogens (tertiary/aromatic N) is 1. The van der Waals surface area contributed by atoms with Crippen LogP contribution in [0.2, 0.25) is 0 Å². The van der Waals surface area contributed by atoms with Gasteiger partial charge in [-0.1, -0.05) is 12.1 Å². The van der Waals surface area contributed by atoms with Gasteiger partial charge in [0.1, 0.15) is 7.05 Å². The monoisotopic (exact) mass is 299 g/mol. The molecule has 0 spiro atoms. The Kier molecular flexibility index (Phi) is 3.48. The van der Waals surface area contributed by atoms with Crippen LogP contribution in [0.15, 0.2) is 30.3 Å². The normalized spacial score (nSPS) is 9.93. The van der Waals surface area contributed by atoms with Gasteiger partial charge >= 0.3 is 0 Å². The van der Waals surface area contributed by atoms with E-state index in [9.17, 15) is 0 Å². The summed E-state index contributed by atoms with van der Waals surface area (Å²) in [5.74, 6) is 0. The number of fused-ring (bicyclic) bond motifs is 1. The standard InChI is InChI=1S/C12H14N.HI/c1-9-8-10(2)13(3)12-7-5-4-6-11(9)12;/h4-8H,1-3H3;1H/q+1;/p-1. The van der Waals surface area contributed by atoms with Crippen molar-refractivity contribution < 1.29 is 28.5 Å². The first-order valence-corrected chi connectivity index (χ1v) is 4.55. The van der Waals surface area contributed by atoms with E-state index >= 15 is 0 Å². The van der Waals surface area contributed by atoms with E-state index in [4.69, 9.17) is 0 Å². The third kappa shape index (κ3) is 1.75. The quantitative estimate of drug-likeness (QED) is 0.447. The van der Waals surface area contributed by atoms with Gasteiger partial charge in [0, 0.05) is 24.4 Å². The van der Waals surface area contributed by atoms with Crippen molar-refractivity contribution in [1.82, 2.24) is 0 Å². The second kappa shape index (κ2) is 4.26. The smallest absolute Gasteiger partial charge is 0.212 e. The van der Waals surface area contributed by atoms with Gasteiger partial charge in [0.05, 0.1) is 0 Å². The van der Waals surface area contributed by atoms with Gasteiger partial charge < -0.3 is 24.0 Å². The third-order valence-electron chi connectivity index (χ3n) is 2.64. The molecule has 0 bridgehead atoms. The van der Waals surface area contributed by atoms with Crippen LogP contribution < -0.4 is 28.5 Å². The maximum absolute atomic E-state index is 2.22. The number of pyridine rings is 1. The van der Waals surface area contributed by atoms with Crippen molar-refractivity contribution >= 4 is 10.9 Å². The minimum atomic E-state index is 0. The highest BCUT2D eigenvalue weighted by Crippen LogP contribution is 2.14. The molecule has 14 heavy (non-hydrogen) atoms. The Bertz CT molecular complexity index is 463. The van der Waals surface area contributed by atoms with Crippen molar-refractivity contribution in [2.24, 2.45) is 7.05 Å². The first-order valence-electron chi connectivity index (χ1n) is 4.55. The van der Waals surface area contributed by atoms with Crippen molar-refractivity contribution in [1.29, 1.82) is 0 Å². The van der Waals surface area contributed by atoms with Gasteiger partial charge in [-0.15, -0.1) is 0 Å². The first kappa shape index (κ1) is 11.4. The van der Waals surface area contributed by atoms with Crippen LogP contribution in [0.3, 0.4) is 0 Å². The highest BCUT2D eigenvalue weighted by molar-refractivity contribution is 5.79. The molecule has 0 saturated carbocycles. The van der Waals surface area contributed by atoms with Crippen LogP contribution in [0.4, 0.5) is 0 Å². The number of hydrogen-bond acceptors (Lipinski definition) is 0. The maximum Gasteiger partial charge on any atom is 0.212 e. The molecule has 1 heterocycles. The summed E-state index contributed by atoms with van der Waals surface area (Å²) in [5, 5.41) is 1.34. The molecule has 0 unspecified atom stereocenters. The molecule has 0 aliphatic rings. The Labute approximate surface area is 102 Å². The van der Waals surface area contributed by atoms with E-state index in [1.807, 2.05) is 0 Å². The average molecular weight is 299 g/mol. The van der Waals surface area contributed by atoms with E-state index in [1.165, 1.54) is 22.2 Å². The van der Waals surface area contributed by atoms with Crippen LogP contribution in [0.5, 0.6) is 0 Å². The van der Waals surface area contributed by atoms with E-state index in [2.05, 4.69) is 55.8 Å². The molecule has 1 aromatic carbocycles. The molecule has 0 N–H and O–H groups in total. The Morgan fingerprint density at radius 2 is 1.71 bits per heavy atom. The van der Waals surface area contributed by atoms with Crippen LogP contribution in [-0.2, 0) is 7.05 Å². The van der Waals surface area contributed by atoms with E-state index < -0.39 is 0 Å². The lowest BCUT2D eigenvalue weighted by atomic mass is 10.1. The number of halogens is 1. The second-order valence-corrected chi connectivity index (χ2v) is 3.54. The Hall–Kier alpha value is -0.640. The SMILES string of the molecule is Cc1cc(C)[n+](C)c2ccccc12.[I-]. The molecule has 0 aliphatic carbocycles. The molecule has 0 saturated heterocycles. The van der Waals surface area contributed by atoms with Gasteiger partial charge in [0.25, 0.3) is 0 Å². The van der Waals surface area contributed by atoms with Gasteiger partial charge in [-0.05, 0) is 18.6 Å². The van der Waals surface area contributed by atoms with Crippen LogP contribution in [0.25, 0.3) is 10.9 Å². The van der Waals surface area contributed by atoms with Crippen molar-refractivity contribution in [2.45, 2.75) is 13.8 Å². The number of hydrogen-bond donors (Lipinski definition) is 0. The van der Waals surface area contributed by atoms with Gasteiger partial charge in [-0.2, -0.15) is 4.57 Å². The summed E-state index contributed by atoms with van der Waals surface area (Å²) in [7, 11) is 2.11. The fourth-order valence-electron chi connectivity index (χ4n) is 1.78. The largest absolute Gasteiger partial charge is 1.00 e. The summed E-state index contributed by atoms with van der Waals surface area (Å²) < 4.78 is 2.22. The molecule has 0 fully saturated rings. The number of rotatable bonds is 0. The molecule has 2 aromatic rings. The van der Waals surface area contributed by atoms with Crippen LogP contribution in [0, 0.1) is 13.8 Å². The Morgan fingerprint density at radius 3 is 2.43 bits per heavy atom. The summed E-state index contributed by atoms with van der Waals surface area (Å²) in [4.78, 5) is 0. The second-order valence-electron chi connectivity index (χ2n) is 3.54. The highest BCUT2D eigenvalue weighted by Gasteiger charge is 2.09. The van der Waals surface area contributed by atoms with Crippen molar-refractivity contribution in [3.63, 3.8) is 0 Å². The zero-order chi connectivity index (χ0) is 9.42. The summed E-state index contributed by atoms with van der Waals surface area (Å²) in [6.07, 6.45) is 0. The molecule has 2 rings (SSSR count). The fraction of sp³-hybridized carbons (Fsp3) is 0.250. The molecule has 0 radical (unpaired) electrons. The number of aromatic nitrogens is 1. The highest BCUT2D eigenvalue weighted by atomic mass is 127. The van der Waals surface area contributed by atoms with E-state index in [0.29, 0.717) is 0 Å². The van der Waals surface area contributed by atoms with E-state index in [0.717, 1.165) is 0 Å². The van der Waals surface area contributed by atoms with Crippen molar-refractivity contribution in [3.05, 3.63) is 41.6 Å². The predicted molar refractivity (Wildman–Crippen MR) is 54.6 cm³/mol. The van der Waals surface area contributed by atoms with E-state index in [1.54, 1.807) is 0 Å². The Morgan fingerprint density at radius 1 is 1.07 bits per heavy atom. The van der Waals surface area contributed by atoms with Crippen LogP contribution in [-0.4, -0.2) is 0 Å². The molecular weight excluding hydrogens is 285 g/mol. The van der Waals surface area contributed by atoms with Crippen molar-refractivity contribution in [3.8, 4) is 0 Å². The van der Waals surface area contributed by atoms with Gasteiger partial charge in [0.15, 0.2) is 5.69 Å². The molecule has 74 valence electrons. The zero-order valence-corrected chi connectivity index (χ0v) is 10.9. The van der Waals surface area contributed by atoms with Gasteiger partial charge in [-0.25, -0.2) is 0 Å². The summed E-state index contributed by atoms with van der Waals surface area (Å²) in [6, 6.07) is 10.7. The third-order valence-corrected chi connectivity index (χ3v) is 2.64. The molecule has 0 amide bonds. The van der Waals surface area contributed by atoms with Crippen LogP contribution >= 0.6 is 0 Å². The lowest BCUT2D eigenvalue weighted by molar-refractivity contribution is -0.651. The number of aryl methyl sites for hydroxylation is 3. The predicted octanol–water partition coefficient (Wildman–Crippen LogP) is -0.715. The lowest BCUT2D eigenvalue weighted by Crippen LogP contribution is -3.00. The maximum atomic E-state index is 2.22. The summed E-state index contributed by atoms with van der Waals surface area (Å²) in [5.41, 5.74) is 3.96. The number of benzene rings is 1. The topological polar surface area (TPSA) is 3.88 Å². The lowest BCUT2D eigenvalue weighted by Gasteiger charge is -2.02. The molecule has 0 atom stereocenters. The van der Waals surface area contributed by atoms with E-state index in [-0.39, 0.29) is 24.0 Å².